The fourth-order valence-corrected chi connectivity index (χ4v) is 2.22. The molecule has 1 aromatic rings. The van der Waals surface area contributed by atoms with Gasteiger partial charge in [0.25, 0.3) is 0 Å². The first-order chi connectivity index (χ1) is 9.54. The molecule has 0 spiro atoms. The molecule has 0 saturated heterocycles. The predicted octanol–water partition coefficient (Wildman–Crippen LogP) is 3.94. The van der Waals surface area contributed by atoms with Gasteiger partial charge in [0.1, 0.15) is 0 Å². The predicted molar refractivity (Wildman–Crippen MR) is 85.0 cm³/mol. The van der Waals surface area contributed by atoms with E-state index in [2.05, 4.69) is 11.6 Å². The SMILES string of the molecule is CSCCCCNc1ccc([N+](=O)[O-])c(OC(C)C)c1. The fourth-order valence-electron chi connectivity index (χ4n) is 1.73. The maximum atomic E-state index is 10.9. The van der Waals surface area contributed by atoms with Gasteiger partial charge in [-0.25, -0.2) is 0 Å². The Morgan fingerprint density at radius 1 is 1.40 bits per heavy atom. The summed E-state index contributed by atoms with van der Waals surface area (Å²) in [6.45, 7) is 4.57. The van der Waals surface area contributed by atoms with Crippen molar-refractivity contribution < 1.29 is 9.66 Å². The second kappa shape index (κ2) is 8.68. The Hall–Kier alpha value is -1.43. The number of nitrogens with zero attached hydrogens (tertiary/aromatic N) is 1. The number of benzene rings is 1. The average Bonchev–Trinajstić information content (AvgIpc) is 2.37. The molecule has 20 heavy (non-hydrogen) atoms. The Kier molecular flexibility index (Phi) is 7.22. The molecule has 0 radical (unpaired) electrons. The Morgan fingerprint density at radius 3 is 2.75 bits per heavy atom. The van der Waals surface area contributed by atoms with E-state index < -0.39 is 4.92 Å². The zero-order valence-corrected chi connectivity index (χ0v) is 13.0. The van der Waals surface area contributed by atoms with Gasteiger partial charge in [0.15, 0.2) is 5.75 Å². The molecule has 1 N–H and O–H groups in total. The molecule has 0 amide bonds. The van der Waals surface area contributed by atoms with Crippen molar-refractivity contribution in [2.24, 2.45) is 0 Å². The molecule has 6 heteroatoms. The van der Waals surface area contributed by atoms with Crippen molar-refractivity contribution >= 4 is 23.1 Å². The van der Waals surface area contributed by atoms with E-state index in [1.807, 2.05) is 25.6 Å². The lowest BCUT2D eigenvalue weighted by atomic mass is 10.2. The molecule has 0 heterocycles. The first kappa shape index (κ1) is 16.6. The highest BCUT2D eigenvalue weighted by molar-refractivity contribution is 7.98. The van der Waals surface area contributed by atoms with Gasteiger partial charge in [0.2, 0.25) is 0 Å². The third-order valence-corrected chi connectivity index (χ3v) is 3.32. The van der Waals surface area contributed by atoms with Crippen molar-refractivity contribution in [2.45, 2.75) is 32.8 Å². The summed E-state index contributed by atoms with van der Waals surface area (Å²) in [5.74, 6) is 1.48. The monoisotopic (exact) mass is 298 g/mol. The average molecular weight is 298 g/mol. The number of anilines is 1. The maximum absolute atomic E-state index is 10.9. The minimum absolute atomic E-state index is 0.00614. The number of rotatable bonds is 9. The third-order valence-electron chi connectivity index (χ3n) is 2.62. The van der Waals surface area contributed by atoms with Gasteiger partial charge in [-0.3, -0.25) is 10.1 Å². The van der Waals surface area contributed by atoms with Gasteiger partial charge in [-0.1, -0.05) is 0 Å². The van der Waals surface area contributed by atoms with Crippen LogP contribution in [0.3, 0.4) is 0 Å². The topological polar surface area (TPSA) is 64.4 Å². The Morgan fingerprint density at radius 2 is 2.15 bits per heavy atom. The van der Waals surface area contributed by atoms with E-state index in [-0.39, 0.29) is 11.8 Å². The highest BCUT2D eigenvalue weighted by Crippen LogP contribution is 2.30. The summed E-state index contributed by atoms with van der Waals surface area (Å²) in [5, 5.41) is 14.2. The van der Waals surface area contributed by atoms with Crippen LogP contribution >= 0.6 is 11.8 Å². The van der Waals surface area contributed by atoms with Crippen molar-refractivity contribution in [1.82, 2.24) is 0 Å². The van der Waals surface area contributed by atoms with Crippen LogP contribution in [-0.2, 0) is 0 Å². The van der Waals surface area contributed by atoms with Gasteiger partial charge in [0, 0.05) is 24.4 Å². The number of hydrogen-bond donors (Lipinski definition) is 1. The van der Waals surface area contributed by atoms with Crippen molar-refractivity contribution in [1.29, 1.82) is 0 Å². The molecular weight excluding hydrogens is 276 g/mol. The molecule has 0 bridgehead atoms. The Labute approximate surface area is 124 Å². The number of nitrogens with one attached hydrogen (secondary N) is 1. The third kappa shape index (κ3) is 5.69. The number of nitro groups is 1. The van der Waals surface area contributed by atoms with E-state index in [0.717, 1.165) is 30.8 Å². The van der Waals surface area contributed by atoms with Gasteiger partial charge in [0.05, 0.1) is 11.0 Å². The maximum Gasteiger partial charge on any atom is 0.311 e. The minimum atomic E-state index is -0.417. The van der Waals surface area contributed by atoms with Crippen LogP contribution in [0.15, 0.2) is 18.2 Å². The van der Waals surface area contributed by atoms with E-state index in [1.165, 1.54) is 6.07 Å². The van der Waals surface area contributed by atoms with Crippen molar-refractivity contribution in [2.75, 3.05) is 23.9 Å². The second-order valence-corrected chi connectivity index (χ2v) is 5.72. The lowest BCUT2D eigenvalue weighted by Crippen LogP contribution is -2.08. The zero-order valence-electron chi connectivity index (χ0n) is 12.2. The van der Waals surface area contributed by atoms with E-state index in [1.54, 1.807) is 12.1 Å². The fraction of sp³-hybridized carbons (Fsp3) is 0.571. The van der Waals surface area contributed by atoms with Crippen molar-refractivity contribution in [3.05, 3.63) is 28.3 Å². The largest absolute Gasteiger partial charge is 0.484 e. The van der Waals surface area contributed by atoms with Crippen LogP contribution in [0.1, 0.15) is 26.7 Å². The minimum Gasteiger partial charge on any atom is -0.484 e. The summed E-state index contributed by atoms with van der Waals surface area (Å²) < 4.78 is 5.51. The summed E-state index contributed by atoms with van der Waals surface area (Å²) in [6.07, 6.45) is 4.25. The normalized spacial score (nSPS) is 10.6. The van der Waals surface area contributed by atoms with E-state index in [4.69, 9.17) is 4.74 Å². The van der Waals surface area contributed by atoms with E-state index in [0.29, 0.717) is 5.75 Å². The van der Waals surface area contributed by atoms with Crippen molar-refractivity contribution in [3.63, 3.8) is 0 Å². The zero-order chi connectivity index (χ0) is 15.0. The molecule has 1 rings (SSSR count). The first-order valence-corrected chi connectivity index (χ1v) is 8.12. The summed E-state index contributed by atoms with van der Waals surface area (Å²) >= 11 is 1.84. The van der Waals surface area contributed by atoms with Gasteiger partial charge in [-0.2, -0.15) is 11.8 Å². The number of ether oxygens (including phenoxy) is 1. The molecule has 1 aromatic carbocycles. The van der Waals surface area contributed by atoms with E-state index in [9.17, 15) is 10.1 Å². The highest BCUT2D eigenvalue weighted by atomic mass is 32.2. The summed E-state index contributed by atoms with van der Waals surface area (Å²) in [4.78, 5) is 10.5. The van der Waals surface area contributed by atoms with Crippen LogP contribution in [0.2, 0.25) is 0 Å². The van der Waals surface area contributed by atoms with Crippen molar-refractivity contribution in [3.8, 4) is 5.75 Å². The first-order valence-electron chi connectivity index (χ1n) is 6.72. The molecule has 0 aliphatic heterocycles. The van der Waals surface area contributed by atoms with E-state index >= 15 is 0 Å². The summed E-state index contributed by atoms with van der Waals surface area (Å²) in [5.41, 5.74) is 0.863. The molecule has 0 unspecified atom stereocenters. The molecular formula is C14H22N2O3S. The molecule has 0 aromatic heterocycles. The van der Waals surface area contributed by atoms with Gasteiger partial charge in [-0.15, -0.1) is 0 Å². The molecule has 5 nitrogen and oxygen atoms in total. The summed E-state index contributed by atoms with van der Waals surface area (Å²) in [6, 6.07) is 4.91. The lowest BCUT2D eigenvalue weighted by Gasteiger charge is -2.12. The Bertz CT molecular complexity index is 438. The van der Waals surface area contributed by atoms with Crippen LogP contribution in [0.4, 0.5) is 11.4 Å². The van der Waals surface area contributed by atoms with Crippen LogP contribution in [0.5, 0.6) is 5.75 Å². The lowest BCUT2D eigenvalue weighted by molar-refractivity contribution is -0.386. The molecule has 112 valence electrons. The highest BCUT2D eigenvalue weighted by Gasteiger charge is 2.16. The second-order valence-electron chi connectivity index (χ2n) is 4.73. The molecule has 0 atom stereocenters. The quantitative estimate of drug-likeness (QED) is 0.425. The van der Waals surface area contributed by atoms with Gasteiger partial charge in [-0.05, 0) is 44.8 Å². The van der Waals surface area contributed by atoms with Crippen LogP contribution < -0.4 is 10.1 Å². The van der Waals surface area contributed by atoms with Gasteiger partial charge >= 0.3 is 5.69 Å². The standard InChI is InChI=1S/C14H22N2O3S/c1-11(2)19-14-10-12(6-7-13(14)16(17)18)15-8-4-5-9-20-3/h6-7,10-11,15H,4-5,8-9H2,1-3H3. The smallest absolute Gasteiger partial charge is 0.311 e. The van der Waals surface area contributed by atoms with Crippen LogP contribution in [-0.4, -0.2) is 29.6 Å². The number of unbranched alkanes of at least 4 members (excludes halogenated alkanes) is 1. The number of nitro benzene ring substituents is 1. The molecule has 0 saturated carbocycles. The Balaban J connectivity index is 2.66. The summed E-state index contributed by atoms with van der Waals surface area (Å²) in [7, 11) is 0. The molecule has 0 aliphatic rings. The number of thioether (sulfide) groups is 1. The number of hydrogen-bond acceptors (Lipinski definition) is 5. The molecule has 0 fully saturated rings. The molecule has 0 aliphatic carbocycles. The van der Waals surface area contributed by atoms with Crippen LogP contribution in [0, 0.1) is 10.1 Å². The van der Waals surface area contributed by atoms with Gasteiger partial charge < -0.3 is 10.1 Å². The van der Waals surface area contributed by atoms with Crippen LogP contribution in [0.25, 0.3) is 0 Å².